The molecule has 0 aliphatic carbocycles. The zero-order valence-corrected chi connectivity index (χ0v) is 51.6. The van der Waals surface area contributed by atoms with Gasteiger partial charge in [-0.25, -0.2) is 0 Å². The van der Waals surface area contributed by atoms with Crippen molar-refractivity contribution >= 4 is 17.9 Å². The van der Waals surface area contributed by atoms with Gasteiger partial charge in [-0.05, 0) is 128 Å². The molecular formula is C73H122O6. The van der Waals surface area contributed by atoms with Crippen molar-refractivity contribution in [2.45, 2.75) is 309 Å². The maximum atomic E-state index is 12.9. The molecule has 0 aromatic heterocycles. The number of unbranched alkanes of at least 4 members (excludes halogenated alkanes) is 28. The first-order chi connectivity index (χ1) is 39.0. The molecule has 0 saturated heterocycles. The highest BCUT2D eigenvalue weighted by Crippen LogP contribution is 2.16. The molecule has 450 valence electrons. The summed E-state index contributed by atoms with van der Waals surface area (Å²) in [6.07, 6.45) is 92.0. The van der Waals surface area contributed by atoms with E-state index in [2.05, 4.69) is 142 Å². The summed E-state index contributed by atoms with van der Waals surface area (Å²) in [7, 11) is 0. The Hall–Kier alpha value is -4.19. The summed E-state index contributed by atoms with van der Waals surface area (Å²) in [6.45, 7) is 6.40. The van der Waals surface area contributed by atoms with E-state index in [0.717, 1.165) is 128 Å². The van der Waals surface area contributed by atoms with Gasteiger partial charge in [0.25, 0.3) is 0 Å². The second kappa shape index (κ2) is 66.3. The normalized spacial score (nSPS) is 12.9. The molecular weight excluding hydrogens is 973 g/mol. The first kappa shape index (κ1) is 74.8. The van der Waals surface area contributed by atoms with Crippen LogP contribution in [0.2, 0.25) is 0 Å². The number of hydrogen-bond acceptors (Lipinski definition) is 6. The van der Waals surface area contributed by atoms with Crippen molar-refractivity contribution in [3.05, 3.63) is 122 Å². The molecule has 0 N–H and O–H groups in total. The standard InChI is InChI=1S/C73H122O6/c1-4-7-10-13-16-19-22-25-27-29-31-33-35-36-38-39-41-43-45-48-51-54-57-60-63-66-72(75)78-69-70(68-77-71(74)65-62-59-56-53-50-47-24-21-18-15-12-9-6-3)79-73(76)67-64-61-58-55-52-49-46-44-42-40-37-34-32-30-28-26-23-20-17-14-11-8-5-2/h7-8,10-11,16-17,19-21,24-28,31-34,36,38,70H,4-6,9,12-15,18,22-23,29-30,35,37,39-69H2,1-3H3/b10-7-,11-8-,19-16-,20-17-,24-21-,27-25-,28-26-,33-31-,34-32-,38-36-. The lowest BCUT2D eigenvalue weighted by molar-refractivity contribution is -0.167. The maximum Gasteiger partial charge on any atom is 0.306 e. The number of allylic oxidation sites excluding steroid dienone is 20. The first-order valence-corrected chi connectivity index (χ1v) is 33.0. The van der Waals surface area contributed by atoms with E-state index in [1.54, 1.807) is 0 Å². The molecule has 0 saturated carbocycles. The van der Waals surface area contributed by atoms with Gasteiger partial charge in [0.2, 0.25) is 0 Å². The molecule has 0 rings (SSSR count). The molecule has 0 aliphatic rings. The van der Waals surface area contributed by atoms with Gasteiger partial charge in [0, 0.05) is 19.3 Å². The van der Waals surface area contributed by atoms with Crippen LogP contribution in [0.1, 0.15) is 303 Å². The third-order valence-electron chi connectivity index (χ3n) is 13.9. The van der Waals surface area contributed by atoms with Crippen LogP contribution in [0.4, 0.5) is 0 Å². The number of ether oxygens (including phenoxy) is 3. The minimum absolute atomic E-state index is 0.0868. The van der Waals surface area contributed by atoms with E-state index in [1.807, 2.05) is 0 Å². The smallest absolute Gasteiger partial charge is 0.306 e. The molecule has 0 bridgehead atoms. The van der Waals surface area contributed by atoms with E-state index in [-0.39, 0.29) is 31.1 Å². The molecule has 0 aliphatic heterocycles. The van der Waals surface area contributed by atoms with Gasteiger partial charge in [0.05, 0.1) is 0 Å². The van der Waals surface area contributed by atoms with Crippen LogP contribution in [0.25, 0.3) is 0 Å². The van der Waals surface area contributed by atoms with Crippen molar-refractivity contribution in [3.8, 4) is 0 Å². The van der Waals surface area contributed by atoms with Crippen molar-refractivity contribution in [1.29, 1.82) is 0 Å². The molecule has 6 heteroatoms. The second-order valence-electron chi connectivity index (χ2n) is 21.6. The van der Waals surface area contributed by atoms with Gasteiger partial charge < -0.3 is 14.2 Å². The number of carbonyl (C=O) groups excluding carboxylic acids is 3. The number of hydrogen-bond donors (Lipinski definition) is 0. The molecule has 0 heterocycles. The summed E-state index contributed by atoms with van der Waals surface area (Å²) in [5, 5.41) is 0. The molecule has 0 amide bonds. The first-order valence-electron chi connectivity index (χ1n) is 33.0. The zero-order valence-electron chi connectivity index (χ0n) is 51.6. The summed E-state index contributed by atoms with van der Waals surface area (Å²) < 4.78 is 16.9. The zero-order chi connectivity index (χ0) is 57.1. The van der Waals surface area contributed by atoms with E-state index in [1.165, 1.54) is 135 Å². The maximum absolute atomic E-state index is 12.9. The predicted molar refractivity (Wildman–Crippen MR) is 343 cm³/mol. The SMILES string of the molecule is CC/C=C\C/C=C\C/C=C\C/C=C\C/C=C\CCCCCCCCCCCC(=O)OCC(COC(=O)CCCCCCC/C=C\CCCCCC)OC(=O)CCCCCCCCCCCC/C=C\C/C=C\C/C=C\C/C=C\CC. The summed E-state index contributed by atoms with van der Waals surface area (Å²) >= 11 is 0. The Bertz CT molecular complexity index is 1640. The van der Waals surface area contributed by atoms with Crippen molar-refractivity contribution in [2.75, 3.05) is 13.2 Å². The average Bonchev–Trinajstić information content (AvgIpc) is 3.45. The number of carbonyl (C=O) groups is 3. The van der Waals surface area contributed by atoms with Crippen molar-refractivity contribution in [3.63, 3.8) is 0 Å². The molecule has 0 radical (unpaired) electrons. The fourth-order valence-corrected chi connectivity index (χ4v) is 9.04. The summed E-state index contributed by atoms with van der Waals surface area (Å²) in [5.74, 6) is -0.898. The van der Waals surface area contributed by atoms with Gasteiger partial charge in [0.1, 0.15) is 13.2 Å². The molecule has 0 aromatic rings. The summed E-state index contributed by atoms with van der Waals surface area (Å²) in [4.78, 5) is 38.4. The van der Waals surface area contributed by atoms with E-state index < -0.39 is 6.10 Å². The minimum atomic E-state index is -0.791. The molecule has 0 aromatic carbocycles. The average molecular weight is 1100 g/mol. The molecule has 79 heavy (non-hydrogen) atoms. The van der Waals surface area contributed by atoms with Gasteiger partial charge in [0.15, 0.2) is 6.10 Å². The Balaban J connectivity index is 4.35. The van der Waals surface area contributed by atoms with Crippen LogP contribution in [-0.2, 0) is 28.6 Å². The quantitative estimate of drug-likeness (QED) is 0.0261. The van der Waals surface area contributed by atoms with E-state index in [9.17, 15) is 14.4 Å². The largest absolute Gasteiger partial charge is 0.462 e. The lowest BCUT2D eigenvalue weighted by Crippen LogP contribution is -2.30. The predicted octanol–water partition coefficient (Wildman–Crippen LogP) is 22.8. The monoisotopic (exact) mass is 1090 g/mol. The van der Waals surface area contributed by atoms with Crippen LogP contribution < -0.4 is 0 Å². The van der Waals surface area contributed by atoms with Gasteiger partial charge in [-0.1, -0.05) is 277 Å². The van der Waals surface area contributed by atoms with Crippen LogP contribution in [0.15, 0.2) is 122 Å². The Labute approximate surface area is 488 Å². The minimum Gasteiger partial charge on any atom is -0.462 e. The van der Waals surface area contributed by atoms with Crippen LogP contribution in [0, 0.1) is 0 Å². The van der Waals surface area contributed by atoms with E-state index >= 15 is 0 Å². The van der Waals surface area contributed by atoms with Crippen molar-refractivity contribution in [1.82, 2.24) is 0 Å². The van der Waals surface area contributed by atoms with E-state index in [0.29, 0.717) is 19.3 Å². The lowest BCUT2D eigenvalue weighted by Gasteiger charge is -2.18. The molecule has 1 atom stereocenters. The molecule has 0 fully saturated rings. The van der Waals surface area contributed by atoms with Crippen LogP contribution >= 0.6 is 0 Å². The third kappa shape index (κ3) is 64.5. The highest BCUT2D eigenvalue weighted by molar-refractivity contribution is 5.71. The second-order valence-corrected chi connectivity index (χ2v) is 21.6. The summed E-state index contributed by atoms with van der Waals surface area (Å²) in [5.41, 5.74) is 0. The fraction of sp³-hybridized carbons (Fsp3) is 0.685. The van der Waals surface area contributed by atoms with Crippen LogP contribution in [-0.4, -0.2) is 37.2 Å². The topological polar surface area (TPSA) is 78.9 Å². The van der Waals surface area contributed by atoms with Crippen LogP contribution in [0.5, 0.6) is 0 Å². The Morgan fingerprint density at radius 3 is 0.785 bits per heavy atom. The highest BCUT2D eigenvalue weighted by Gasteiger charge is 2.19. The van der Waals surface area contributed by atoms with Gasteiger partial charge in [-0.2, -0.15) is 0 Å². The fourth-order valence-electron chi connectivity index (χ4n) is 9.04. The van der Waals surface area contributed by atoms with Gasteiger partial charge in [-0.15, -0.1) is 0 Å². The van der Waals surface area contributed by atoms with E-state index in [4.69, 9.17) is 14.2 Å². The molecule has 0 spiro atoms. The van der Waals surface area contributed by atoms with Crippen molar-refractivity contribution < 1.29 is 28.6 Å². The van der Waals surface area contributed by atoms with Gasteiger partial charge in [-0.3, -0.25) is 14.4 Å². The molecule has 6 nitrogen and oxygen atoms in total. The van der Waals surface area contributed by atoms with Gasteiger partial charge >= 0.3 is 17.9 Å². The number of esters is 3. The third-order valence-corrected chi connectivity index (χ3v) is 13.9. The number of rotatable bonds is 59. The Morgan fingerprint density at radius 2 is 0.494 bits per heavy atom. The summed E-state index contributed by atoms with van der Waals surface area (Å²) in [6, 6.07) is 0. The highest BCUT2D eigenvalue weighted by atomic mass is 16.6. The van der Waals surface area contributed by atoms with Crippen molar-refractivity contribution in [2.24, 2.45) is 0 Å². The lowest BCUT2D eigenvalue weighted by atomic mass is 10.0. The Kier molecular flexibility index (Phi) is 62.8. The van der Waals surface area contributed by atoms with Crippen LogP contribution in [0.3, 0.4) is 0 Å². The Morgan fingerprint density at radius 1 is 0.266 bits per heavy atom. The molecule has 1 unspecified atom stereocenters.